The molecule has 0 saturated carbocycles. The third-order valence-electron chi connectivity index (χ3n) is 3.93. The molecule has 1 aromatic rings. The predicted octanol–water partition coefficient (Wildman–Crippen LogP) is 4.60. The summed E-state index contributed by atoms with van der Waals surface area (Å²) in [7, 11) is 0. The van der Waals surface area contributed by atoms with E-state index >= 15 is 0 Å². The fourth-order valence-corrected chi connectivity index (χ4v) is 3.16. The van der Waals surface area contributed by atoms with Crippen LogP contribution < -0.4 is 0 Å². The third-order valence-corrected chi connectivity index (χ3v) is 3.93. The molecule has 0 unspecified atom stereocenters. The third kappa shape index (κ3) is 1.36. The Kier molecular flexibility index (Phi) is 2.24. The van der Waals surface area contributed by atoms with Gasteiger partial charge in [0, 0.05) is 0 Å². The topological polar surface area (TPSA) is 0 Å². The average Bonchev–Trinajstić information content (AvgIpc) is 2.67. The van der Waals surface area contributed by atoms with Crippen LogP contribution in [-0.4, -0.2) is 0 Å². The van der Waals surface area contributed by atoms with Gasteiger partial charge in [-0.3, -0.25) is 0 Å². The SMILES string of the molecule is C=C(C)c1cccc2c1CC1=C2CCCC1. The van der Waals surface area contributed by atoms with Gasteiger partial charge in [0.05, 0.1) is 0 Å². The molecule has 0 amide bonds. The first kappa shape index (κ1) is 9.89. The minimum Gasteiger partial charge on any atom is -0.0955 e. The van der Waals surface area contributed by atoms with Crippen LogP contribution in [0.3, 0.4) is 0 Å². The molecule has 16 heavy (non-hydrogen) atoms. The molecule has 2 aliphatic carbocycles. The van der Waals surface area contributed by atoms with Gasteiger partial charge in [0.1, 0.15) is 0 Å². The molecule has 3 rings (SSSR count). The summed E-state index contributed by atoms with van der Waals surface area (Å²) in [5.41, 5.74) is 9.01. The summed E-state index contributed by atoms with van der Waals surface area (Å²) in [6, 6.07) is 6.71. The minimum atomic E-state index is 1.19. The van der Waals surface area contributed by atoms with Gasteiger partial charge in [-0.15, -0.1) is 0 Å². The molecule has 0 atom stereocenters. The van der Waals surface area contributed by atoms with E-state index in [2.05, 4.69) is 31.7 Å². The summed E-state index contributed by atoms with van der Waals surface area (Å²) < 4.78 is 0. The van der Waals surface area contributed by atoms with Crippen LogP contribution in [0.4, 0.5) is 0 Å². The van der Waals surface area contributed by atoms with Crippen molar-refractivity contribution in [3.05, 3.63) is 47.0 Å². The Labute approximate surface area is 97.7 Å². The van der Waals surface area contributed by atoms with Crippen molar-refractivity contribution in [1.82, 2.24) is 0 Å². The monoisotopic (exact) mass is 210 g/mol. The first-order chi connectivity index (χ1) is 7.77. The highest BCUT2D eigenvalue weighted by molar-refractivity contribution is 5.81. The average molecular weight is 210 g/mol. The highest BCUT2D eigenvalue weighted by atomic mass is 14.3. The zero-order valence-corrected chi connectivity index (χ0v) is 9.97. The van der Waals surface area contributed by atoms with Gasteiger partial charge in [-0.1, -0.05) is 35.9 Å². The number of hydrogen-bond acceptors (Lipinski definition) is 0. The number of allylic oxidation sites excluding steroid dienone is 3. The Hall–Kier alpha value is -1.30. The van der Waals surface area contributed by atoms with Gasteiger partial charge in [-0.2, -0.15) is 0 Å². The van der Waals surface area contributed by atoms with Crippen molar-refractivity contribution < 1.29 is 0 Å². The van der Waals surface area contributed by atoms with Crippen LogP contribution in [0.1, 0.15) is 49.3 Å². The zero-order valence-electron chi connectivity index (χ0n) is 9.97. The normalized spacial score (nSPS) is 18.3. The molecule has 0 aromatic heterocycles. The molecule has 0 spiro atoms. The molecule has 0 fully saturated rings. The van der Waals surface area contributed by atoms with Gasteiger partial charge in [0.15, 0.2) is 0 Å². The lowest BCUT2D eigenvalue weighted by molar-refractivity contribution is 0.711. The Morgan fingerprint density at radius 2 is 2.00 bits per heavy atom. The first-order valence-corrected chi connectivity index (χ1v) is 6.26. The standard InChI is InChI=1S/C16H18/c1-11(2)13-8-5-9-15-14-7-4-3-6-12(14)10-16(13)15/h5,8-9H,1,3-4,6-7,10H2,2H3. The van der Waals surface area contributed by atoms with Gasteiger partial charge in [0.25, 0.3) is 0 Å². The Morgan fingerprint density at radius 1 is 1.19 bits per heavy atom. The highest BCUT2D eigenvalue weighted by Gasteiger charge is 2.25. The van der Waals surface area contributed by atoms with Crippen molar-refractivity contribution in [1.29, 1.82) is 0 Å². The molecule has 0 radical (unpaired) electrons. The molecule has 0 N–H and O–H groups in total. The summed E-state index contributed by atoms with van der Waals surface area (Å²) in [5.74, 6) is 0. The maximum atomic E-state index is 4.10. The van der Waals surface area contributed by atoms with Crippen molar-refractivity contribution >= 4 is 11.1 Å². The summed E-state index contributed by atoms with van der Waals surface area (Å²) >= 11 is 0. The first-order valence-electron chi connectivity index (χ1n) is 6.26. The number of hydrogen-bond donors (Lipinski definition) is 0. The molecule has 0 aliphatic heterocycles. The molecule has 0 bridgehead atoms. The van der Waals surface area contributed by atoms with Crippen LogP contribution >= 0.6 is 0 Å². The van der Waals surface area contributed by atoms with Gasteiger partial charge in [-0.05, 0) is 61.3 Å². The second-order valence-corrected chi connectivity index (χ2v) is 5.08. The highest BCUT2D eigenvalue weighted by Crippen LogP contribution is 2.43. The largest absolute Gasteiger partial charge is 0.0955 e. The van der Waals surface area contributed by atoms with E-state index in [1.165, 1.54) is 48.8 Å². The number of benzene rings is 1. The van der Waals surface area contributed by atoms with Crippen molar-refractivity contribution in [3.63, 3.8) is 0 Å². The number of fused-ring (bicyclic) bond motifs is 2. The van der Waals surface area contributed by atoms with Crippen molar-refractivity contribution in [2.24, 2.45) is 0 Å². The lowest BCUT2D eigenvalue weighted by atomic mass is 9.92. The van der Waals surface area contributed by atoms with E-state index in [4.69, 9.17) is 0 Å². The second-order valence-electron chi connectivity index (χ2n) is 5.08. The summed E-state index contributed by atoms with van der Waals surface area (Å²) in [4.78, 5) is 0. The Morgan fingerprint density at radius 3 is 2.81 bits per heavy atom. The van der Waals surface area contributed by atoms with Gasteiger partial charge in [0.2, 0.25) is 0 Å². The Bertz CT molecular complexity index is 489. The fourth-order valence-electron chi connectivity index (χ4n) is 3.16. The van der Waals surface area contributed by atoms with Gasteiger partial charge in [-0.25, -0.2) is 0 Å². The van der Waals surface area contributed by atoms with Crippen LogP contribution in [-0.2, 0) is 6.42 Å². The summed E-state index contributed by atoms with van der Waals surface area (Å²) in [6.07, 6.45) is 6.56. The van der Waals surface area contributed by atoms with Crippen molar-refractivity contribution in [2.75, 3.05) is 0 Å². The predicted molar refractivity (Wildman–Crippen MR) is 70.2 cm³/mol. The van der Waals surface area contributed by atoms with Crippen LogP contribution in [0.15, 0.2) is 30.4 Å². The lowest BCUT2D eigenvalue weighted by Gasteiger charge is -2.13. The van der Waals surface area contributed by atoms with E-state index in [1.807, 2.05) is 0 Å². The molecule has 0 saturated heterocycles. The van der Waals surface area contributed by atoms with Gasteiger partial charge < -0.3 is 0 Å². The molecule has 0 nitrogen and oxygen atoms in total. The van der Waals surface area contributed by atoms with E-state index in [0.29, 0.717) is 0 Å². The fraction of sp³-hybridized carbons (Fsp3) is 0.375. The Balaban J connectivity index is 2.13. The van der Waals surface area contributed by atoms with E-state index in [0.717, 1.165) is 0 Å². The number of rotatable bonds is 1. The molecular weight excluding hydrogens is 192 g/mol. The molecule has 1 aromatic carbocycles. The van der Waals surface area contributed by atoms with E-state index < -0.39 is 0 Å². The molecule has 0 heterocycles. The van der Waals surface area contributed by atoms with Crippen LogP contribution in [0.2, 0.25) is 0 Å². The maximum absolute atomic E-state index is 4.10. The lowest BCUT2D eigenvalue weighted by Crippen LogP contribution is -1.93. The van der Waals surface area contributed by atoms with Crippen molar-refractivity contribution in [2.45, 2.75) is 39.0 Å². The van der Waals surface area contributed by atoms with Crippen molar-refractivity contribution in [3.8, 4) is 0 Å². The van der Waals surface area contributed by atoms with Crippen LogP contribution in [0.25, 0.3) is 11.1 Å². The van der Waals surface area contributed by atoms with E-state index in [-0.39, 0.29) is 0 Å². The molecule has 2 aliphatic rings. The molecule has 0 heteroatoms. The molecule has 82 valence electrons. The minimum absolute atomic E-state index is 1.19. The quantitative estimate of drug-likeness (QED) is 0.635. The summed E-state index contributed by atoms with van der Waals surface area (Å²) in [6.45, 7) is 6.22. The van der Waals surface area contributed by atoms with E-state index in [1.54, 1.807) is 16.7 Å². The van der Waals surface area contributed by atoms with Crippen LogP contribution in [0.5, 0.6) is 0 Å². The van der Waals surface area contributed by atoms with Gasteiger partial charge >= 0.3 is 0 Å². The van der Waals surface area contributed by atoms with E-state index in [9.17, 15) is 0 Å². The second kappa shape index (κ2) is 3.62. The smallest absolute Gasteiger partial charge is 0.00490 e. The maximum Gasteiger partial charge on any atom is -0.00490 e. The summed E-state index contributed by atoms with van der Waals surface area (Å²) in [5, 5.41) is 0. The molecular formula is C16H18. The van der Waals surface area contributed by atoms with Crippen LogP contribution in [0, 0.1) is 0 Å². The zero-order chi connectivity index (χ0) is 11.1.